The molecule has 0 fully saturated rings. The summed E-state index contributed by atoms with van der Waals surface area (Å²) >= 11 is 0. The quantitative estimate of drug-likeness (QED) is 0.114. The normalized spacial score (nSPS) is 12.7. The van der Waals surface area contributed by atoms with Crippen LogP contribution in [-0.4, -0.2) is 69.9 Å². The molecule has 0 spiro atoms. The molecule has 0 saturated carbocycles. The maximum absolute atomic E-state index is 2.42. The van der Waals surface area contributed by atoms with Crippen LogP contribution in [0.15, 0.2) is 0 Å². The third-order valence-electron chi connectivity index (χ3n) is 6.97. The molecule has 0 nitrogen and oxygen atoms in total. The van der Waals surface area contributed by atoms with Crippen LogP contribution in [0.25, 0.3) is 0 Å². The molecule has 0 aliphatic rings. The van der Waals surface area contributed by atoms with Gasteiger partial charge in [-0.2, -0.15) is 0 Å². The standard InChI is InChI=1S/2C15H34P2.Pd/c2*1-12(2)16(13(3)4)10-9-11-17(14(5)6)15(7)8;/h2*12-15H,9-11H2,1-8H3;. The van der Waals surface area contributed by atoms with Gasteiger partial charge in [-0.3, -0.25) is 0 Å². The number of rotatable bonds is 16. The Bertz CT molecular complexity index is 347. The maximum Gasteiger partial charge on any atom is 0 e. The minimum Gasteiger partial charge on any atom is -0.101 e. The molecule has 0 saturated heterocycles. The van der Waals surface area contributed by atoms with E-state index in [1.807, 2.05) is 0 Å². The molecule has 0 unspecified atom stereocenters. The Morgan fingerprint density at radius 2 is 0.400 bits per heavy atom. The van der Waals surface area contributed by atoms with Gasteiger partial charge in [0.1, 0.15) is 0 Å². The molecule has 5 heteroatoms. The minimum atomic E-state index is 0. The van der Waals surface area contributed by atoms with Crippen LogP contribution >= 0.6 is 31.7 Å². The second kappa shape index (κ2) is 23.1. The molecular weight excluding hydrogens is 591 g/mol. The molecule has 0 aliphatic carbocycles. The second-order valence-corrected chi connectivity index (χ2v) is 26.6. The van der Waals surface area contributed by atoms with Crippen LogP contribution in [-0.2, 0) is 20.4 Å². The fourth-order valence-electron chi connectivity index (χ4n) is 5.32. The summed E-state index contributed by atoms with van der Waals surface area (Å²) in [5.41, 5.74) is 7.29. The Morgan fingerprint density at radius 3 is 0.486 bits per heavy atom. The summed E-state index contributed by atoms with van der Waals surface area (Å²) in [4.78, 5) is 0. The van der Waals surface area contributed by atoms with Crippen LogP contribution in [0.3, 0.4) is 0 Å². The Balaban J connectivity index is -0.000000569. The van der Waals surface area contributed by atoms with Crippen molar-refractivity contribution in [1.29, 1.82) is 0 Å². The summed E-state index contributed by atoms with van der Waals surface area (Å²) in [6, 6.07) is 0. The first-order valence-corrected chi connectivity index (χ1v) is 21.2. The van der Waals surface area contributed by atoms with Gasteiger partial charge < -0.3 is 0 Å². The Kier molecular flexibility index (Phi) is 27.7. The van der Waals surface area contributed by atoms with Gasteiger partial charge in [0, 0.05) is 20.4 Å². The molecule has 0 aromatic rings. The van der Waals surface area contributed by atoms with E-state index in [4.69, 9.17) is 0 Å². The first kappa shape index (κ1) is 41.9. The molecule has 0 aromatic carbocycles. The molecular formula is C30H68P4Pd. The second-order valence-electron chi connectivity index (χ2n) is 12.4. The predicted octanol–water partition coefficient (Wildman–Crippen LogP) is 11.9. The van der Waals surface area contributed by atoms with Gasteiger partial charge in [-0.1, -0.05) is 111 Å². The molecule has 0 aromatic heterocycles. The van der Waals surface area contributed by atoms with Gasteiger partial charge >= 0.3 is 0 Å². The topological polar surface area (TPSA) is 0 Å². The number of hydrogen-bond donors (Lipinski definition) is 0. The van der Waals surface area contributed by atoms with E-state index in [-0.39, 0.29) is 52.1 Å². The first-order valence-electron chi connectivity index (χ1n) is 14.6. The predicted molar refractivity (Wildman–Crippen MR) is 177 cm³/mol. The van der Waals surface area contributed by atoms with Crippen molar-refractivity contribution in [3.63, 3.8) is 0 Å². The van der Waals surface area contributed by atoms with Gasteiger partial charge in [0.15, 0.2) is 0 Å². The van der Waals surface area contributed by atoms with Crippen LogP contribution in [0.5, 0.6) is 0 Å². The van der Waals surface area contributed by atoms with Gasteiger partial charge in [0.2, 0.25) is 0 Å². The van der Waals surface area contributed by atoms with Crippen LogP contribution in [0.4, 0.5) is 0 Å². The third kappa shape index (κ3) is 20.0. The molecule has 0 bridgehead atoms. The average molecular weight is 659 g/mol. The number of hydrogen-bond acceptors (Lipinski definition) is 0. The summed E-state index contributed by atoms with van der Waals surface area (Å²) in [7, 11) is 1.05. The molecule has 0 aliphatic heterocycles. The molecule has 218 valence electrons. The van der Waals surface area contributed by atoms with Crippen molar-refractivity contribution < 1.29 is 20.4 Å². The molecule has 0 amide bonds. The van der Waals surface area contributed by atoms with E-state index in [1.54, 1.807) is 0 Å². The third-order valence-corrected chi connectivity index (χ3v) is 20.9. The van der Waals surface area contributed by atoms with Gasteiger partial charge in [0.05, 0.1) is 0 Å². The van der Waals surface area contributed by atoms with Gasteiger partial charge in [-0.15, -0.1) is 31.7 Å². The fraction of sp³-hybridized carbons (Fsp3) is 1.00. The Hall–Kier alpha value is 2.38. The van der Waals surface area contributed by atoms with Crippen LogP contribution in [0, 0.1) is 0 Å². The molecule has 0 heterocycles. The van der Waals surface area contributed by atoms with E-state index in [9.17, 15) is 0 Å². The van der Waals surface area contributed by atoms with Crippen LogP contribution in [0.1, 0.15) is 124 Å². The van der Waals surface area contributed by atoms with E-state index in [0.29, 0.717) is 0 Å². The van der Waals surface area contributed by atoms with Crippen molar-refractivity contribution in [2.45, 2.75) is 169 Å². The molecule has 0 rings (SSSR count). The monoisotopic (exact) mass is 658 g/mol. The molecule has 0 atom stereocenters. The van der Waals surface area contributed by atoms with Crippen molar-refractivity contribution in [1.82, 2.24) is 0 Å². The summed E-state index contributed by atoms with van der Waals surface area (Å²) in [6.07, 6.45) is 8.96. The molecule has 0 radical (unpaired) electrons. The van der Waals surface area contributed by atoms with Gasteiger partial charge in [-0.25, -0.2) is 0 Å². The summed E-state index contributed by atoms with van der Waals surface area (Å²) in [5, 5.41) is 0. The Morgan fingerprint density at radius 1 is 0.286 bits per heavy atom. The first-order chi connectivity index (χ1) is 15.5. The van der Waals surface area contributed by atoms with E-state index >= 15 is 0 Å². The zero-order valence-corrected chi connectivity index (χ0v) is 32.1. The van der Waals surface area contributed by atoms with Crippen LogP contribution < -0.4 is 0 Å². The molecule has 0 N–H and O–H groups in total. The summed E-state index contributed by atoms with van der Waals surface area (Å²) < 4.78 is 0. The van der Waals surface area contributed by atoms with Gasteiger partial charge in [0.25, 0.3) is 0 Å². The Labute approximate surface area is 244 Å². The largest absolute Gasteiger partial charge is 0.101 e. The summed E-state index contributed by atoms with van der Waals surface area (Å²) in [6.45, 7) is 38.7. The summed E-state index contributed by atoms with van der Waals surface area (Å²) in [5.74, 6) is 0. The van der Waals surface area contributed by atoms with E-state index in [1.165, 1.54) is 37.5 Å². The maximum atomic E-state index is 2.42. The van der Waals surface area contributed by atoms with Gasteiger partial charge in [-0.05, 0) is 82.8 Å². The van der Waals surface area contributed by atoms with Crippen molar-refractivity contribution >= 4 is 31.7 Å². The SMILES string of the molecule is CC(C)P(CCCP(C(C)C)C(C)C)C(C)C.CC(C)P(CCCP(C(C)C)C(C)C)C(C)C.[Pd]. The van der Waals surface area contributed by atoms with E-state index < -0.39 is 0 Å². The van der Waals surface area contributed by atoms with Crippen molar-refractivity contribution in [2.24, 2.45) is 0 Å². The van der Waals surface area contributed by atoms with E-state index in [0.717, 1.165) is 45.3 Å². The van der Waals surface area contributed by atoms with Crippen molar-refractivity contribution in [2.75, 3.05) is 24.6 Å². The zero-order valence-electron chi connectivity index (χ0n) is 27.0. The zero-order chi connectivity index (χ0) is 27.2. The fourth-order valence-corrected chi connectivity index (χ4v) is 16.8. The molecule has 35 heavy (non-hydrogen) atoms. The van der Waals surface area contributed by atoms with E-state index in [2.05, 4.69) is 111 Å². The van der Waals surface area contributed by atoms with Crippen molar-refractivity contribution in [3.8, 4) is 0 Å². The minimum absolute atomic E-state index is 0. The van der Waals surface area contributed by atoms with Crippen LogP contribution in [0.2, 0.25) is 0 Å². The van der Waals surface area contributed by atoms with Crippen molar-refractivity contribution in [3.05, 3.63) is 0 Å². The smallest absolute Gasteiger partial charge is 0 e. The average Bonchev–Trinajstić information content (AvgIpc) is 2.65.